The highest BCUT2D eigenvalue weighted by molar-refractivity contribution is 5.08. The van der Waals surface area contributed by atoms with Gasteiger partial charge in [-0.15, -0.1) is 0 Å². The predicted octanol–water partition coefficient (Wildman–Crippen LogP) is 2.05. The van der Waals surface area contributed by atoms with Crippen molar-refractivity contribution in [1.29, 1.82) is 0 Å². The molecule has 0 saturated carbocycles. The van der Waals surface area contributed by atoms with Crippen LogP contribution in [-0.4, -0.2) is 35.1 Å². The highest BCUT2D eigenvalue weighted by Gasteiger charge is 2.20. The van der Waals surface area contributed by atoms with Crippen molar-refractivity contribution in [3.8, 4) is 0 Å². The molecular formula is C14H23N3. The molecule has 1 aliphatic rings. The summed E-state index contributed by atoms with van der Waals surface area (Å²) in [6.45, 7) is 9.08. The van der Waals surface area contributed by atoms with Crippen molar-refractivity contribution in [2.24, 2.45) is 0 Å². The maximum atomic E-state index is 4.18. The fourth-order valence-corrected chi connectivity index (χ4v) is 2.28. The lowest BCUT2D eigenvalue weighted by Gasteiger charge is -2.33. The molecule has 1 aliphatic heterocycles. The molecule has 1 fully saturated rings. The Kier molecular flexibility index (Phi) is 4.13. The number of pyridine rings is 1. The fourth-order valence-electron chi connectivity index (χ4n) is 2.28. The van der Waals surface area contributed by atoms with E-state index < -0.39 is 0 Å². The summed E-state index contributed by atoms with van der Waals surface area (Å²) in [5.41, 5.74) is 1.59. The molecule has 1 aromatic heterocycles. The van der Waals surface area contributed by atoms with Gasteiger partial charge in [0, 0.05) is 31.0 Å². The molecule has 2 rings (SSSR count). The van der Waals surface area contributed by atoms with E-state index >= 15 is 0 Å². The SMILES string of the molecule is CC1(C)CCN(Cc2cccnc2)CCCN1. The molecule has 0 atom stereocenters. The van der Waals surface area contributed by atoms with Gasteiger partial charge in [0.1, 0.15) is 0 Å². The first-order valence-corrected chi connectivity index (χ1v) is 6.52. The average molecular weight is 233 g/mol. The summed E-state index contributed by atoms with van der Waals surface area (Å²) in [5.74, 6) is 0. The largest absolute Gasteiger partial charge is 0.312 e. The molecule has 2 heterocycles. The lowest BCUT2D eigenvalue weighted by Crippen LogP contribution is -2.46. The fraction of sp³-hybridized carbons (Fsp3) is 0.643. The van der Waals surface area contributed by atoms with Crippen molar-refractivity contribution in [3.05, 3.63) is 30.1 Å². The lowest BCUT2D eigenvalue weighted by molar-refractivity contribution is 0.198. The summed E-state index contributed by atoms with van der Waals surface area (Å²) < 4.78 is 0. The minimum atomic E-state index is 0.271. The average Bonchev–Trinajstić information content (AvgIpc) is 2.31. The van der Waals surface area contributed by atoms with Gasteiger partial charge >= 0.3 is 0 Å². The molecule has 0 radical (unpaired) electrons. The van der Waals surface area contributed by atoms with Crippen LogP contribution in [0.5, 0.6) is 0 Å². The maximum absolute atomic E-state index is 4.18. The first-order valence-electron chi connectivity index (χ1n) is 6.52. The van der Waals surface area contributed by atoms with Crippen LogP contribution >= 0.6 is 0 Å². The Bertz CT molecular complexity index is 335. The Morgan fingerprint density at radius 1 is 1.41 bits per heavy atom. The first kappa shape index (κ1) is 12.5. The molecule has 0 bridgehead atoms. The third-order valence-corrected chi connectivity index (χ3v) is 3.44. The standard InChI is InChI=1S/C14H23N3/c1-14(2)6-10-17(9-4-8-16-14)12-13-5-3-7-15-11-13/h3,5,7,11,16H,4,6,8-10,12H2,1-2H3. The van der Waals surface area contributed by atoms with Crippen LogP contribution in [0.2, 0.25) is 0 Å². The third-order valence-electron chi connectivity index (χ3n) is 3.44. The highest BCUT2D eigenvalue weighted by Crippen LogP contribution is 2.14. The molecule has 0 aliphatic carbocycles. The summed E-state index contributed by atoms with van der Waals surface area (Å²) in [6, 6.07) is 4.18. The lowest BCUT2D eigenvalue weighted by atomic mass is 9.99. The van der Waals surface area contributed by atoms with Crippen LogP contribution in [-0.2, 0) is 6.54 Å². The Balaban J connectivity index is 1.92. The number of hydrogen-bond donors (Lipinski definition) is 1. The van der Waals surface area contributed by atoms with Crippen molar-refractivity contribution in [1.82, 2.24) is 15.2 Å². The van der Waals surface area contributed by atoms with E-state index in [0.29, 0.717) is 0 Å². The summed E-state index contributed by atoms with van der Waals surface area (Å²) in [4.78, 5) is 6.72. The summed E-state index contributed by atoms with van der Waals surface area (Å²) in [5, 5.41) is 3.61. The number of nitrogens with one attached hydrogen (secondary N) is 1. The van der Waals surface area contributed by atoms with E-state index in [-0.39, 0.29) is 5.54 Å². The monoisotopic (exact) mass is 233 g/mol. The zero-order chi connectivity index (χ0) is 12.1. The molecule has 1 aromatic rings. The van der Waals surface area contributed by atoms with E-state index in [1.54, 1.807) is 0 Å². The summed E-state index contributed by atoms with van der Waals surface area (Å²) >= 11 is 0. The molecule has 0 unspecified atom stereocenters. The molecule has 3 heteroatoms. The number of nitrogens with zero attached hydrogens (tertiary/aromatic N) is 2. The van der Waals surface area contributed by atoms with Crippen molar-refractivity contribution in [3.63, 3.8) is 0 Å². The normalized spacial score (nSPS) is 21.8. The van der Waals surface area contributed by atoms with Crippen molar-refractivity contribution in [2.75, 3.05) is 19.6 Å². The van der Waals surface area contributed by atoms with Gasteiger partial charge in [0.25, 0.3) is 0 Å². The quantitative estimate of drug-likeness (QED) is 0.847. The third kappa shape index (κ3) is 4.10. The second kappa shape index (κ2) is 5.61. The molecule has 1 N–H and O–H groups in total. The number of hydrogen-bond acceptors (Lipinski definition) is 3. The molecule has 0 spiro atoms. The van der Waals surface area contributed by atoms with Gasteiger partial charge in [-0.05, 0) is 51.4 Å². The van der Waals surface area contributed by atoms with Crippen LogP contribution in [0.15, 0.2) is 24.5 Å². The zero-order valence-electron chi connectivity index (χ0n) is 10.9. The van der Waals surface area contributed by atoms with Crippen LogP contribution in [0.4, 0.5) is 0 Å². The molecule has 0 aromatic carbocycles. The van der Waals surface area contributed by atoms with Gasteiger partial charge in [-0.25, -0.2) is 0 Å². The Morgan fingerprint density at radius 2 is 2.29 bits per heavy atom. The van der Waals surface area contributed by atoms with Crippen molar-refractivity contribution >= 4 is 0 Å². The second-order valence-corrected chi connectivity index (χ2v) is 5.55. The minimum absolute atomic E-state index is 0.271. The second-order valence-electron chi connectivity index (χ2n) is 5.55. The van der Waals surface area contributed by atoms with Crippen molar-refractivity contribution in [2.45, 2.75) is 38.8 Å². The van der Waals surface area contributed by atoms with E-state index in [9.17, 15) is 0 Å². The van der Waals surface area contributed by atoms with Crippen LogP contribution in [0, 0.1) is 0 Å². The topological polar surface area (TPSA) is 28.2 Å². The van der Waals surface area contributed by atoms with Crippen LogP contribution in [0.3, 0.4) is 0 Å². The summed E-state index contributed by atoms with van der Waals surface area (Å²) in [7, 11) is 0. The van der Waals surface area contributed by atoms with Gasteiger partial charge < -0.3 is 5.32 Å². The van der Waals surface area contributed by atoms with Gasteiger partial charge in [0.2, 0.25) is 0 Å². The predicted molar refractivity (Wildman–Crippen MR) is 70.8 cm³/mol. The van der Waals surface area contributed by atoms with E-state index in [0.717, 1.165) is 19.6 Å². The molecule has 1 saturated heterocycles. The van der Waals surface area contributed by atoms with Gasteiger partial charge in [0.05, 0.1) is 0 Å². The van der Waals surface area contributed by atoms with Crippen LogP contribution in [0.25, 0.3) is 0 Å². The van der Waals surface area contributed by atoms with E-state index in [1.165, 1.54) is 24.9 Å². The number of rotatable bonds is 2. The molecule has 3 nitrogen and oxygen atoms in total. The first-order chi connectivity index (χ1) is 8.16. The molecule has 94 valence electrons. The summed E-state index contributed by atoms with van der Waals surface area (Å²) in [6.07, 6.45) is 6.24. The van der Waals surface area contributed by atoms with Gasteiger partial charge in [0.15, 0.2) is 0 Å². The van der Waals surface area contributed by atoms with Crippen molar-refractivity contribution < 1.29 is 0 Å². The highest BCUT2D eigenvalue weighted by atomic mass is 15.1. The Labute approximate surface area is 104 Å². The Morgan fingerprint density at radius 3 is 3.06 bits per heavy atom. The van der Waals surface area contributed by atoms with E-state index in [2.05, 4.69) is 35.1 Å². The molecule has 17 heavy (non-hydrogen) atoms. The number of aromatic nitrogens is 1. The van der Waals surface area contributed by atoms with E-state index in [1.807, 2.05) is 18.5 Å². The van der Waals surface area contributed by atoms with Crippen LogP contribution < -0.4 is 5.32 Å². The minimum Gasteiger partial charge on any atom is -0.312 e. The van der Waals surface area contributed by atoms with Crippen LogP contribution in [0.1, 0.15) is 32.3 Å². The molecular weight excluding hydrogens is 210 g/mol. The smallest absolute Gasteiger partial charge is 0.0312 e. The molecule has 0 amide bonds. The van der Waals surface area contributed by atoms with Gasteiger partial charge in [-0.2, -0.15) is 0 Å². The van der Waals surface area contributed by atoms with Gasteiger partial charge in [-0.3, -0.25) is 9.88 Å². The maximum Gasteiger partial charge on any atom is 0.0312 e. The zero-order valence-corrected chi connectivity index (χ0v) is 10.9. The Hall–Kier alpha value is -0.930. The van der Waals surface area contributed by atoms with E-state index in [4.69, 9.17) is 0 Å². The van der Waals surface area contributed by atoms with Gasteiger partial charge in [-0.1, -0.05) is 6.07 Å².